The second-order valence-electron chi connectivity index (χ2n) is 3.04. The van der Waals surface area contributed by atoms with Crippen LogP contribution in [0.3, 0.4) is 0 Å². The molecule has 2 bridgehead atoms. The molecule has 0 spiro atoms. The average molecular weight is 162 g/mol. The summed E-state index contributed by atoms with van der Waals surface area (Å²) in [7, 11) is 0. The van der Waals surface area contributed by atoms with Crippen LogP contribution in [0.5, 0.6) is 0 Å². The van der Waals surface area contributed by atoms with E-state index in [1.54, 1.807) is 0 Å². The summed E-state index contributed by atoms with van der Waals surface area (Å²) in [4.78, 5) is 13.3. The van der Waals surface area contributed by atoms with E-state index < -0.39 is 0 Å². The van der Waals surface area contributed by atoms with Crippen molar-refractivity contribution in [3.63, 3.8) is 0 Å². The van der Waals surface area contributed by atoms with E-state index in [-0.39, 0.29) is 12.4 Å². The van der Waals surface area contributed by atoms with Crippen LogP contribution >= 0.6 is 12.4 Å². The maximum absolute atomic E-state index is 11.0. The first-order chi connectivity index (χ1) is 4.36. The van der Waals surface area contributed by atoms with Gasteiger partial charge in [-0.3, -0.25) is 9.69 Å². The van der Waals surface area contributed by atoms with Crippen LogP contribution in [0.15, 0.2) is 0 Å². The molecule has 2 rings (SSSR count). The van der Waals surface area contributed by atoms with Gasteiger partial charge in [0.25, 0.3) is 0 Å². The number of rotatable bonds is 0. The van der Waals surface area contributed by atoms with Crippen LogP contribution in [0.2, 0.25) is 0 Å². The fraction of sp³-hybridized carbons (Fsp3) is 0.857. The van der Waals surface area contributed by atoms with Crippen molar-refractivity contribution in [2.24, 2.45) is 5.92 Å². The van der Waals surface area contributed by atoms with Gasteiger partial charge < -0.3 is 0 Å². The SMILES string of the molecule is Cl.O=C1CN2CCCC1C2. The van der Waals surface area contributed by atoms with Crippen molar-refractivity contribution in [2.45, 2.75) is 12.8 Å². The quantitative estimate of drug-likeness (QED) is 0.522. The zero-order valence-electron chi connectivity index (χ0n) is 5.88. The standard InChI is InChI=1S/C7H11NO.ClH/c9-7-5-8-3-1-2-6(7)4-8;/h6H,1-5H2;1H. The van der Waals surface area contributed by atoms with E-state index in [2.05, 4.69) is 4.90 Å². The van der Waals surface area contributed by atoms with Crippen molar-refractivity contribution >= 4 is 18.2 Å². The van der Waals surface area contributed by atoms with Crippen molar-refractivity contribution in [3.05, 3.63) is 0 Å². The smallest absolute Gasteiger partial charge is 0.151 e. The minimum Gasteiger partial charge on any atom is -0.298 e. The fourth-order valence-corrected chi connectivity index (χ4v) is 1.81. The van der Waals surface area contributed by atoms with Crippen LogP contribution in [0.1, 0.15) is 12.8 Å². The van der Waals surface area contributed by atoms with Crippen molar-refractivity contribution < 1.29 is 4.79 Å². The van der Waals surface area contributed by atoms with Gasteiger partial charge in [0.05, 0.1) is 6.54 Å². The molecule has 3 heteroatoms. The number of piperidine rings is 1. The van der Waals surface area contributed by atoms with Crippen LogP contribution in [0.4, 0.5) is 0 Å². The van der Waals surface area contributed by atoms with Crippen molar-refractivity contribution in [2.75, 3.05) is 19.6 Å². The Hall–Kier alpha value is -0.0800. The summed E-state index contributed by atoms with van der Waals surface area (Å²) in [6.07, 6.45) is 2.38. The largest absolute Gasteiger partial charge is 0.298 e. The third-order valence-electron chi connectivity index (χ3n) is 2.34. The minimum atomic E-state index is 0. The Labute approximate surface area is 67.0 Å². The zero-order valence-corrected chi connectivity index (χ0v) is 6.69. The van der Waals surface area contributed by atoms with Gasteiger partial charge in [-0.15, -0.1) is 12.4 Å². The molecule has 10 heavy (non-hydrogen) atoms. The third kappa shape index (κ3) is 1.18. The lowest BCUT2D eigenvalue weighted by atomic mass is 10.0. The molecule has 0 aromatic heterocycles. The lowest BCUT2D eigenvalue weighted by Crippen LogP contribution is -2.25. The highest BCUT2D eigenvalue weighted by Crippen LogP contribution is 2.23. The van der Waals surface area contributed by atoms with Crippen molar-refractivity contribution in [1.29, 1.82) is 0 Å². The molecule has 0 saturated carbocycles. The van der Waals surface area contributed by atoms with Crippen LogP contribution < -0.4 is 0 Å². The molecular formula is C7H12ClNO. The molecule has 2 aliphatic rings. The Morgan fingerprint density at radius 3 is 2.90 bits per heavy atom. The van der Waals surface area contributed by atoms with E-state index in [9.17, 15) is 4.79 Å². The molecule has 0 radical (unpaired) electrons. The van der Waals surface area contributed by atoms with E-state index in [0.29, 0.717) is 11.7 Å². The predicted molar refractivity (Wildman–Crippen MR) is 41.4 cm³/mol. The van der Waals surface area contributed by atoms with Crippen molar-refractivity contribution in [1.82, 2.24) is 4.90 Å². The van der Waals surface area contributed by atoms with Gasteiger partial charge >= 0.3 is 0 Å². The van der Waals surface area contributed by atoms with Crippen LogP contribution in [-0.4, -0.2) is 30.3 Å². The molecule has 2 unspecified atom stereocenters. The molecule has 58 valence electrons. The molecule has 0 N–H and O–H groups in total. The van der Waals surface area contributed by atoms with E-state index in [0.717, 1.165) is 26.1 Å². The summed E-state index contributed by atoms with van der Waals surface area (Å²) in [5.41, 5.74) is 0. The second-order valence-corrected chi connectivity index (χ2v) is 3.04. The van der Waals surface area contributed by atoms with Crippen molar-refractivity contribution in [3.8, 4) is 0 Å². The van der Waals surface area contributed by atoms with Gasteiger partial charge in [-0.25, -0.2) is 0 Å². The van der Waals surface area contributed by atoms with Gasteiger partial charge in [0.1, 0.15) is 0 Å². The van der Waals surface area contributed by atoms with E-state index >= 15 is 0 Å². The summed E-state index contributed by atoms with van der Waals surface area (Å²) in [6, 6.07) is 0. The average Bonchev–Trinajstić information content (AvgIpc) is 2.09. The highest BCUT2D eigenvalue weighted by Gasteiger charge is 2.33. The molecule has 2 fully saturated rings. The molecule has 0 amide bonds. The summed E-state index contributed by atoms with van der Waals surface area (Å²) in [5.74, 6) is 0.895. The number of nitrogens with zero attached hydrogens (tertiary/aromatic N) is 1. The number of carbonyl (C=O) groups excluding carboxylic acids is 1. The Balaban J connectivity index is 0.000000500. The summed E-state index contributed by atoms with van der Waals surface area (Å²) >= 11 is 0. The lowest BCUT2D eigenvalue weighted by molar-refractivity contribution is -0.119. The minimum absolute atomic E-state index is 0. The second kappa shape index (κ2) is 2.89. The summed E-state index contributed by atoms with van der Waals surface area (Å²) in [6.45, 7) is 2.95. The third-order valence-corrected chi connectivity index (χ3v) is 2.34. The van der Waals surface area contributed by atoms with Gasteiger partial charge in [0.2, 0.25) is 0 Å². The molecule has 2 saturated heterocycles. The molecule has 0 aromatic rings. The number of halogens is 1. The fourth-order valence-electron chi connectivity index (χ4n) is 1.81. The number of Topliss-reactive ketones (excluding diaryl/α,β-unsaturated/α-hetero) is 1. The molecule has 2 heterocycles. The Bertz CT molecular complexity index is 149. The maximum atomic E-state index is 11.0. The van der Waals surface area contributed by atoms with Gasteiger partial charge in [-0.1, -0.05) is 0 Å². The highest BCUT2D eigenvalue weighted by molar-refractivity contribution is 5.85. The first-order valence-corrected chi connectivity index (χ1v) is 3.61. The summed E-state index contributed by atoms with van der Waals surface area (Å²) < 4.78 is 0. The molecule has 2 aliphatic heterocycles. The monoisotopic (exact) mass is 161 g/mol. The number of carbonyl (C=O) groups is 1. The Morgan fingerprint density at radius 1 is 1.50 bits per heavy atom. The van der Waals surface area contributed by atoms with E-state index in [4.69, 9.17) is 0 Å². The van der Waals surface area contributed by atoms with E-state index in [1.165, 1.54) is 6.42 Å². The zero-order chi connectivity index (χ0) is 6.27. The van der Waals surface area contributed by atoms with E-state index in [1.807, 2.05) is 0 Å². The van der Waals surface area contributed by atoms with Gasteiger partial charge in [-0.2, -0.15) is 0 Å². The molecule has 2 nitrogen and oxygen atoms in total. The van der Waals surface area contributed by atoms with Gasteiger partial charge in [-0.05, 0) is 19.4 Å². The van der Waals surface area contributed by atoms with Crippen LogP contribution in [-0.2, 0) is 4.79 Å². The van der Waals surface area contributed by atoms with Crippen LogP contribution in [0, 0.1) is 5.92 Å². The predicted octanol–water partition coefficient (Wildman–Crippen LogP) is 0.703. The highest BCUT2D eigenvalue weighted by atomic mass is 35.5. The first-order valence-electron chi connectivity index (χ1n) is 3.61. The first kappa shape index (κ1) is 8.02. The van der Waals surface area contributed by atoms with Crippen LogP contribution in [0.25, 0.3) is 0 Å². The Morgan fingerprint density at radius 2 is 2.30 bits per heavy atom. The number of ketones is 1. The number of hydrogen-bond acceptors (Lipinski definition) is 2. The number of hydrogen-bond donors (Lipinski definition) is 0. The molecular weight excluding hydrogens is 150 g/mol. The molecule has 0 aliphatic carbocycles. The normalized spacial score (nSPS) is 37.4. The topological polar surface area (TPSA) is 20.3 Å². The maximum Gasteiger partial charge on any atom is 0.151 e. The van der Waals surface area contributed by atoms with Gasteiger partial charge in [0.15, 0.2) is 5.78 Å². The molecule has 0 aromatic carbocycles. The van der Waals surface area contributed by atoms with Gasteiger partial charge in [0, 0.05) is 12.5 Å². The molecule has 2 atom stereocenters. The number of fused-ring (bicyclic) bond motifs is 2. The Kier molecular flexibility index (Phi) is 2.32. The lowest BCUT2D eigenvalue weighted by Gasteiger charge is -2.19. The summed E-state index contributed by atoms with van der Waals surface area (Å²) in [5, 5.41) is 0.